The number of benzene rings is 2. The van der Waals surface area contributed by atoms with Gasteiger partial charge in [0.25, 0.3) is 0 Å². The zero-order valence-electron chi connectivity index (χ0n) is 20.3. The highest BCUT2D eigenvalue weighted by atomic mass is 19.1. The van der Waals surface area contributed by atoms with Gasteiger partial charge in [0.05, 0.1) is 0 Å². The molecule has 0 saturated heterocycles. The van der Waals surface area contributed by atoms with E-state index in [9.17, 15) is 4.39 Å². The lowest BCUT2D eigenvalue weighted by atomic mass is 9.63. The average molecular weight is 447 g/mol. The van der Waals surface area contributed by atoms with Gasteiger partial charge in [-0.15, -0.1) is 0 Å². The summed E-state index contributed by atoms with van der Waals surface area (Å²) in [4.78, 5) is 0. The summed E-state index contributed by atoms with van der Waals surface area (Å²) in [5.41, 5.74) is 3.01. The van der Waals surface area contributed by atoms with Crippen molar-refractivity contribution in [2.24, 2.45) is 17.8 Å². The molecule has 0 aliphatic heterocycles. The van der Waals surface area contributed by atoms with Gasteiger partial charge >= 0.3 is 0 Å². The second-order valence-electron chi connectivity index (χ2n) is 10.00. The lowest BCUT2D eigenvalue weighted by Crippen LogP contribution is -2.30. The van der Waals surface area contributed by atoms with E-state index >= 15 is 0 Å². The molecule has 33 heavy (non-hydrogen) atoms. The summed E-state index contributed by atoms with van der Waals surface area (Å²) in [6.45, 7) is 4.53. The highest BCUT2D eigenvalue weighted by Crippen LogP contribution is 2.48. The number of allylic oxidation sites excluding steroid dienone is 3. The molecular formula is C31H39FO. The highest BCUT2D eigenvalue weighted by Gasteiger charge is 2.35. The van der Waals surface area contributed by atoms with Gasteiger partial charge in [0.2, 0.25) is 0 Å². The molecule has 2 aliphatic rings. The molecule has 4 rings (SSSR count). The molecule has 2 aliphatic carbocycles. The molecule has 2 fully saturated rings. The molecule has 2 aromatic rings. The van der Waals surface area contributed by atoms with Gasteiger partial charge < -0.3 is 4.74 Å². The first-order valence-corrected chi connectivity index (χ1v) is 12.9. The molecule has 2 saturated carbocycles. The molecule has 0 radical (unpaired) electrons. The van der Waals surface area contributed by atoms with E-state index in [-0.39, 0.29) is 5.82 Å². The molecule has 0 bridgehead atoms. The minimum Gasteiger partial charge on any atom is -0.489 e. The summed E-state index contributed by atoms with van der Waals surface area (Å²) in [7, 11) is 0. The second kappa shape index (κ2) is 11.7. The van der Waals surface area contributed by atoms with Crippen molar-refractivity contribution >= 4 is 0 Å². The summed E-state index contributed by atoms with van der Waals surface area (Å²) >= 11 is 0. The molecule has 0 amide bonds. The molecule has 4 unspecified atom stereocenters. The fraction of sp³-hybridized carbons (Fsp3) is 0.484. The van der Waals surface area contributed by atoms with Crippen LogP contribution in [0.1, 0.15) is 76.7 Å². The van der Waals surface area contributed by atoms with E-state index in [1.54, 1.807) is 0 Å². The van der Waals surface area contributed by atoms with Crippen molar-refractivity contribution in [3.8, 4) is 16.9 Å². The van der Waals surface area contributed by atoms with Crippen molar-refractivity contribution in [3.63, 3.8) is 0 Å². The van der Waals surface area contributed by atoms with Crippen LogP contribution in [0.2, 0.25) is 0 Å². The summed E-state index contributed by atoms with van der Waals surface area (Å²) < 4.78 is 20.3. The van der Waals surface area contributed by atoms with Crippen molar-refractivity contribution in [2.45, 2.75) is 71.1 Å². The fourth-order valence-corrected chi connectivity index (χ4v) is 6.05. The van der Waals surface area contributed by atoms with E-state index in [2.05, 4.69) is 43.3 Å². The van der Waals surface area contributed by atoms with E-state index in [1.165, 1.54) is 63.0 Å². The highest BCUT2D eigenvalue weighted by molar-refractivity contribution is 5.65. The summed E-state index contributed by atoms with van der Waals surface area (Å²) in [5, 5.41) is 0. The number of rotatable bonds is 8. The Morgan fingerprint density at radius 1 is 0.879 bits per heavy atom. The number of fused-ring (bicyclic) bond motifs is 1. The Morgan fingerprint density at radius 3 is 2.39 bits per heavy atom. The van der Waals surface area contributed by atoms with Crippen molar-refractivity contribution in [1.82, 2.24) is 0 Å². The zero-order chi connectivity index (χ0) is 23.0. The summed E-state index contributed by atoms with van der Waals surface area (Å²) in [6, 6.07) is 13.8. The lowest BCUT2D eigenvalue weighted by molar-refractivity contribution is 0.115. The zero-order valence-corrected chi connectivity index (χ0v) is 20.3. The summed E-state index contributed by atoms with van der Waals surface area (Å²) in [6.07, 6.45) is 19.3. The second-order valence-corrected chi connectivity index (χ2v) is 10.00. The van der Waals surface area contributed by atoms with Crippen molar-refractivity contribution in [3.05, 3.63) is 78.1 Å². The van der Waals surface area contributed by atoms with E-state index in [4.69, 9.17) is 4.74 Å². The molecule has 0 aromatic heterocycles. The van der Waals surface area contributed by atoms with Crippen molar-refractivity contribution < 1.29 is 9.13 Å². The summed E-state index contributed by atoms with van der Waals surface area (Å²) in [5.74, 6) is 3.77. The molecule has 2 aromatic carbocycles. The Labute approximate surface area is 199 Å². The van der Waals surface area contributed by atoms with E-state index in [1.807, 2.05) is 31.2 Å². The third-order valence-corrected chi connectivity index (χ3v) is 7.91. The first kappa shape index (κ1) is 23.8. The van der Waals surface area contributed by atoms with Crippen LogP contribution in [-0.4, -0.2) is 6.61 Å². The maximum absolute atomic E-state index is 14.7. The number of halogens is 1. The maximum atomic E-state index is 14.7. The molecule has 0 spiro atoms. The molecule has 176 valence electrons. The van der Waals surface area contributed by atoms with E-state index in [0.29, 0.717) is 23.8 Å². The quantitative estimate of drug-likeness (QED) is 0.367. The number of ether oxygens (including phenoxy) is 1. The predicted octanol–water partition coefficient (Wildman–Crippen LogP) is 9.10. The largest absolute Gasteiger partial charge is 0.489 e. The van der Waals surface area contributed by atoms with Crippen molar-refractivity contribution in [2.75, 3.05) is 6.61 Å². The Hall–Kier alpha value is -2.35. The lowest BCUT2D eigenvalue weighted by Gasteiger charge is -2.42. The van der Waals surface area contributed by atoms with Crippen LogP contribution >= 0.6 is 0 Å². The number of hydrogen-bond donors (Lipinski definition) is 0. The first-order valence-electron chi connectivity index (χ1n) is 12.9. The van der Waals surface area contributed by atoms with E-state index < -0.39 is 0 Å². The Morgan fingerprint density at radius 2 is 1.64 bits per heavy atom. The predicted molar refractivity (Wildman–Crippen MR) is 137 cm³/mol. The van der Waals surface area contributed by atoms with Crippen LogP contribution in [0.25, 0.3) is 11.1 Å². The van der Waals surface area contributed by atoms with Crippen LogP contribution < -0.4 is 4.74 Å². The monoisotopic (exact) mass is 446 g/mol. The molecule has 1 nitrogen and oxygen atoms in total. The van der Waals surface area contributed by atoms with Gasteiger partial charge in [-0.1, -0.05) is 55.0 Å². The SMILES string of the molecule is C/C=C/CCC1CCC2CC(c3ccc(-c4ccc(OC/C=C/C)cc4F)cc3)CCC2C1. The van der Waals surface area contributed by atoms with Gasteiger partial charge in [0.15, 0.2) is 0 Å². The van der Waals surface area contributed by atoms with Gasteiger partial charge in [-0.05, 0) is 106 Å². The smallest absolute Gasteiger partial charge is 0.134 e. The molecule has 4 atom stereocenters. The average Bonchev–Trinajstić information content (AvgIpc) is 2.84. The maximum Gasteiger partial charge on any atom is 0.134 e. The van der Waals surface area contributed by atoms with Crippen LogP contribution in [0, 0.1) is 23.6 Å². The third-order valence-electron chi connectivity index (χ3n) is 7.91. The van der Waals surface area contributed by atoms with Crippen LogP contribution in [-0.2, 0) is 0 Å². The van der Waals surface area contributed by atoms with E-state index in [0.717, 1.165) is 23.3 Å². The Balaban J connectivity index is 1.35. The van der Waals surface area contributed by atoms with Gasteiger partial charge in [-0.3, -0.25) is 0 Å². The molecule has 2 heteroatoms. The topological polar surface area (TPSA) is 9.23 Å². The standard InChI is InChI=1S/C31H39FO/c1-3-5-7-8-23-9-10-28-21-27(16-15-26(28)20-23)24-11-13-25(14-12-24)30-18-17-29(22-31(30)32)33-19-6-4-2/h3-6,11-14,17-18,22-23,26-28H,7-10,15-16,19-21H2,1-2H3/b5-3+,6-4+. The fourth-order valence-electron chi connectivity index (χ4n) is 6.05. The molecular weight excluding hydrogens is 407 g/mol. The number of hydrogen-bond acceptors (Lipinski definition) is 1. The van der Waals surface area contributed by atoms with Gasteiger partial charge in [-0.2, -0.15) is 0 Å². The minimum atomic E-state index is -0.229. The Bertz CT molecular complexity index is 942. The molecule has 0 N–H and O–H groups in total. The normalized spacial score (nSPS) is 25.4. The van der Waals surface area contributed by atoms with Gasteiger partial charge in [0, 0.05) is 11.6 Å². The van der Waals surface area contributed by atoms with Crippen LogP contribution in [0.15, 0.2) is 66.8 Å². The third kappa shape index (κ3) is 6.16. The Kier molecular flexibility index (Phi) is 8.42. The van der Waals surface area contributed by atoms with Gasteiger partial charge in [0.1, 0.15) is 18.2 Å². The van der Waals surface area contributed by atoms with Crippen LogP contribution in [0.4, 0.5) is 4.39 Å². The van der Waals surface area contributed by atoms with Crippen LogP contribution in [0.3, 0.4) is 0 Å². The van der Waals surface area contributed by atoms with Crippen molar-refractivity contribution in [1.29, 1.82) is 0 Å². The van der Waals surface area contributed by atoms with Crippen LogP contribution in [0.5, 0.6) is 5.75 Å². The first-order chi connectivity index (χ1) is 16.2. The van der Waals surface area contributed by atoms with Gasteiger partial charge in [-0.25, -0.2) is 4.39 Å². The molecule has 0 heterocycles. The minimum absolute atomic E-state index is 0.229.